The summed E-state index contributed by atoms with van der Waals surface area (Å²) in [5.41, 5.74) is 0.360. The van der Waals surface area contributed by atoms with Gasteiger partial charge in [0.2, 0.25) is 0 Å². The Morgan fingerprint density at radius 3 is 2.52 bits per heavy atom. The van der Waals surface area contributed by atoms with Crippen LogP contribution >= 0.6 is 0 Å². The van der Waals surface area contributed by atoms with Crippen molar-refractivity contribution < 1.29 is 14.9 Å². The highest BCUT2D eigenvalue weighted by Crippen LogP contribution is 2.78. The van der Waals surface area contributed by atoms with Crippen LogP contribution in [0.3, 0.4) is 0 Å². The molecular formula is C30H46O3. The number of aliphatic hydroxyl groups is 2. The molecule has 5 rings (SSSR count). The van der Waals surface area contributed by atoms with E-state index in [2.05, 4.69) is 72.4 Å². The van der Waals surface area contributed by atoms with Crippen molar-refractivity contribution in [3.8, 4) is 0 Å². The highest BCUT2D eigenvalue weighted by Gasteiger charge is 2.78. The highest BCUT2D eigenvalue weighted by molar-refractivity contribution is 5.34. The van der Waals surface area contributed by atoms with Crippen LogP contribution < -0.4 is 0 Å². The molecule has 184 valence electrons. The van der Waals surface area contributed by atoms with E-state index in [0.717, 1.165) is 37.7 Å². The van der Waals surface area contributed by atoms with Crippen molar-refractivity contribution in [1.82, 2.24) is 0 Å². The zero-order valence-electron chi connectivity index (χ0n) is 21.7. The van der Waals surface area contributed by atoms with Crippen LogP contribution in [0.15, 0.2) is 36.5 Å². The summed E-state index contributed by atoms with van der Waals surface area (Å²) in [6.07, 6.45) is 15.6. The van der Waals surface area contributed by atoms with Crippen molar-refractivity contribution >= 4 is 0 Å². The molecule has 1 heterocycles. The van der Waals surface area contributed by atoms with Crippen LogP contribution in [0, 0.1) is 45.3 Å². The zero-order chi connectivity index (χ0) is 24.0. The minimum atomic E-state index is -0.747. The molecule has 10 atom stereocenters. The minimum absolute atomic E-state index is 0.153. The second-order valence-electron chi connectivity index (χ2n) is 13.5. The van der Waals surface area contributed by atoms with Gasteiger partial charge in [-0.25, -0.2) is 0 Å². The van der Waals surface area contributed by atoms with E-state index in [0.29, 0.717) is 17.8 Å². The molecule has 0 aromatic carbocycles. The monoisotopic (exact) mass is 454 g/mol. The molecule has 1 unspecified atom stereocenters. The molecular weight excluding hydrogens is 408 g/mol. The molecule has 1 saturated heterocycles. The molecule has 3 nitrogen and oxygen atoms in total. The zero-order valence-corrected chi connectivity index (χ0v) is 21.7. The van der Waals surface area contributed by atoms with Gasteiger partial charge in [-0.05, 0) is 80.5 Å². The summed E-state index contributed by atoms with van der Waals surface area (Å²) in [6.45, 7) is 17.9. The standard InChI is InChI=1S/C30H46O3/c1-19(2)9-8-10-20(3)21-13-15-28(7)22-14-16-30-23(11-12-24(31)26(30,4)5)29(22,25(32)33-30)18-17-27(21,28)6/h8-9,14,16,20-25,31-32H,1,10-13,15,17-18H2,2-7H3/b9-8+/t20-,21-,22+,23+,24+,25?,27-,28+,29+,30-/m1/s1. The van der Waals surface area contributed by atoms with Gasteiger partial charge in [-0.1, -0.05) is 71.1 Å². The number of fused-ring (bicyclic) bond motifs is 2. The lowest BCUT2D eigenvalue weighted by molar-refractivity contribution is -0.213. The summed E-state index contributed by atoms with van der Waals surface area (Å²) in [6, 6.07) is 0. The van der Waals surface area contributed by atoms with Crippen molar-refractivity contribution in [2.45, 2.75) is 104 Å². The second-order valence-corrected chi connectivity index (χ2v) is 13.5. The van der Waals surface area contributed by atoms with Crippen molar-refractivity contribution in [2.24, 2.45) is 45.3 Å². The first-order valence-electron chi connectivity index (χ1n) is 13.4. The number of allylic oxidation sites excluding steroid dienone is 4. The average Bonchev–Trinajstić information content (AvgIpc) is 3.09. The predicted molar refractivity (Wildman–Crippen MR) is 133 cm³/mol. The molecule has 2 N–H and O–H groups in total. The van der Waals surface area contributed by atoms with E-state index in [-0.39, 0.29) is 22.2 Å². The lowest BCUT2D eigenvalue weighted by Crippen LogP contribution is -2.65. The Morgan fingerprint density at radius 2 is 1.82 bits per heavy atom. The van der Waals surface area contributed by atoms with Gasteiger partial charge in [-0.3, -0.25) is 0 Å². The highest BCUT2D eigenvalue weighted by atomic mass is 16.6. The summed E-state index contributed by atoms with van der Waals surface area (Å²) in [5, 5.41) is 22.5. The molecule has 33 heavy (non-hydrogen) atoms. The van der Waals surface area contributed by atoms with Crippen LogP contribution in [0.2, 0.25) is 0 Å². The van der Waals surface area contributed by atoms with Crippen LogP contribution in [0.1, 0.15) is 86.5 Å². The first kappa shape index (κ1) is 23.8. The average molecular weight is 455 g/mol. The molecule has 0 aromatic rings. The number of ether oxygens (including phenoxy) is 1. The Kier molecular flexibility index (Phi) is 5.27. The van der Waals surface area contributed by atoms with Gasteiger partial charge < -0.3 is 14.9 Å². The van der Waals surface area contributed by atoms with E-state index in [4.69, 9.17) is 4.74 Å². The summed E-state index contributed by atoms with van der Waals surface area (Å²) in [7, 11) is 0. The molecule has 2 bridgehead atoms. The van der Waals surface area contributed by atoms with Crippen LogP contribution in [-0.4, -0.2) is 28.2 Å². The fraction of sp³-hybridized carbons (Fsp3) is 0.800. The molecule has 0 amide bonds. The maximum Gasteiger partial charge on any atom is 0.162 e. The third-order valence-corrected chi connectivity index (χ3v) is 12.1. The van der Waals surface area contributed by atoms with Crippen LogP contribution in [0.5, 0.6) is 0 Å². The fourth-order valence-electron chi connectivity index (χ4n) is 9.90. The van der Waals surface area contributed by atoms with Gasteiger partial charge >= 0.3 is 0 Å². The molecule has 3 saturated carbocycles. The Hall–Kier alpha value is -0.900. The molecule has 4 fully saturated rings. The molecule has 5 aliphatic rings. The lowest BCUT2D eigenvalue weighted by atomic mass is 9.38. The van der Waals surface area contributed by atoms with Crippen LogP contribution in [0.4, 0.5) is 0 Å². The summed E-state index contributed by atoms with van der Waals surface area (Å²) >= 11 is 0. The van der Waals surface area contributed by atoms with E-state index in [1.165, 1.54) is 12.8 Å². The Labute approximate surface area is 201 Å². The number of aliphatic hydroxyl groups excluding tert-OH is 2. The maximum absolute atomic E-state index is 11.6. The van der Waals surface area contributed by atoms with Gasteiger partial charge in [0.05, 0.1) is 6.10 Å². The van der Waals surface area contributed by atoms with Gasteiger partial charge in [-0.2, -0.15) is 0 Å². The normalized spacial score (nSPS) is 52.9. The topological polar surface area (TPSA) is 49.7 Å². The van der Waals surface area contributed by atoms with Crippen LogP contribution in [-0.2, 0) is 4.74 Å². The van der Waals surface area contributed by atoms with Crippen LogP contribution in [0.25, 0.3) is 0 Å². The molecule has 4 aliphatic carbocycles. The van der Waals surface area contributed by atoms with E-state index in [1.54, 1.807) is 0 Å². The maximum atomic E-state index is 11.6. The van der Waals surface area contributed by atoms with Gasteiger partial charge in [-0.15, -0.1) is 0 Å². The van der Waals surface area contributed by atoms with E-state index in [1.807, 2.05) is 0 Å². The Bertz CT molecular complexity index is 887. The van der Waals surface area contributed by atoms with Crippen molar-refractivity contribution in [3.63, 3.8) is 0 Å². The number of rotatable bonds is 4. The van der Waals surface area contributed by atoms with Gasteiger partial charge in [0.1, 0.15) is 5.60 Å². The summed E-state index contributed by atoms with van der Waals surface area (Å²) in [5.74, 6) is 1.94. The van der Waals surface area contributed by atoms with Gasteiger partial charge in [0.25, 0.3) is 0 Å². The first-order chi connectivity index (χ1) is 15.4. The Morgan fingerprint density at radius 1 is 1.09 bits per heavy atom. The van der Waals surface area contributed by atoms with Crippen molar-refractivity contribution in [3.05, 3.63) is 36.5 Å². The Balaban J connectivity index is 1.52. The van der Waals surface area contributed by atoms with E-state index < -0.39 is 23.4 Å². The SMILES string of the molecule is C=C(C)/C=C/C[C@@H](C)[C@H]1CC[C@@]2(C)[C@@H]3C=C[C@@]45OC(O)[C@]3(CC[C@]12C)[C@@H]4CC[C@H](O)C5(C)C. The van der Waals surface area contributed by atoms with Gasteiger partial charge in [0.15, 0.2) is 6.29 Å². The predicted octanol–water partition coefficient (Wildman–Crippen LogP) is 6.42. The fourth-order valence-corrected chi connectivity index (χ4v) is 9.90. The van der Waals surface area contributed by atoms with E-state index in [9.17, 15) is 10.2 Å². The largest absolute Gasteiger partial charge is 0.392 e. The summed E-state index contributed by atoms with van der Waals surface area (Å²) in [4.78, 5) is 0. The number of hydrogen-bond acceptors (Lipinski definition) is 3. The molecule has 1 aliphatic heterocycles. The molecule has 1 spiro atoms. The van der Waals surface area contributed by atoms with Crippen molar-refractivity contribution in [2.75, 3.05) is 0 Å². The van der Waals surface area contributed by atoms with Gasteiger partial charge in [0, 0.05) is 16.7 Å². The third-order valence-electron chi connectivity index (χ3n) is 12.1. The minimum Gasteiger partial charge on any atom is -0.392 e. The molecule has 3 heteroatoms. The third kappa shape index (κ3) is 2.74. The smallest absolute Gasteiger partial charge is 0.162 e. The van der Waals surface area contributed by atoms with E-state index >= 15 is 0 Å². The van der Waals surface area contributed by atoms with Crippen molar-refractivity contribution in [1.29, 1.82) is 0 Å². The number of hydrogen-bond donors (Lipinski definition) is 2. The summed E-state index contributed by atoms with van der Waals surface area (Å²) < 4.78 is 6.59. The second kappa shape index (κ2) is 7.31. The first-order valence-corrected chi connectivity index (χ1v) is 13.4. The molecule has 0 aromatic heterocycles. The quantitative estimate of drug-likeness (QED) is 0.381. The lowest BCUT2D eigenvalue weighted by Gasteiger charge is -2.65. The molecule has 0 radical (unpaired) electrons.